The molecular formula is C19H18ClN5O. The summed E-state index contributed by atoms with van der Waals surface area (Å²) in [4.78, 5) is 20.1. The van der Waals surface area contributed by atoms with E-state index < -0.39 is 0 Å². The maximum Gasteiger partial charge on any atom is 0.229 e. The number of aromatic nitrogens is 2. The Morgan fingerprint density at radius 3 is 2.38 bits per heavy atom. The minimum atomic E-state index is -0.116. The Kier molecular flexibility index (Phi) is 5.34. The molecule has 1 aromatic heterocycles. The largest absolute Gasteiger partial charge is 0.340 e. The van der Waals surface area contributed by atoms with Crippen LogP contribution in [0.3, 0.4) is 0 Å². The number of rotatable bonds is 5. The number of hydrogen-bond acceptors (Lipinski definition) is 5. The first-order valence-corrected chi connectivity index (χ1v) is 8.39. The third-order valence-corrected chi connectivity index (χ3v) is 3.66. The van der Waals surface area contributed by atoms with E-state index in [0.29, 0.717) is 22.5 Å². The van der Waals surface area contributed by atoms with Gasteiger partial charge in [0, 0.05) is 40.8 Å². The predicted molar refractivity (Wildman–Crippen MR) is 106 cm³/mol. The zero-order valence-corrected chi connectivity index (χ0v) is 15.1. The van der Waals surface area contributed by atoms with E-state index >= 15 is 0 Å². The smallest absolute Gasteiger partial charge is 0.229 e. The molecule has 0 aliphatic carbocycles. The highest BCUT2D eigenvalue weighted by Gasteiger charge is 2.05. The van der Waals surface area contributed by atoms with Gasteiger partial charge in [-0.15, -0.1) is 0 Å². The van der Waals surface area contributed by atoms with Gasteiger partial charge in [-0.05, 0) is 49.4 Å². The van der Waals surface area contributed by atoms with E-state index in [0.717, 1.165) is 17.1 Å². The summed E-state index contributed by atoms with van der Waals surface area (Å²) in [5.41, 5.74) is 3.19. The van der Waals surface area contributed by atoms with Crippen LogP contribution in [0.5, 0.6) is 0 Å². The second-order valence-corrected chi connectivity index (χ2v) is 6.17. The Hall–Kier alpha value is -3.12. The zero-order chi connectivity index (χ0) is 18.5. The summed E-state index contributed by atoms with van der Waals surface area (Å²) in [6, 6.07) is 16.6. The van der Waals surface area contributed by atoms with Crippen molar-refractivity contribution in [3.8, 4) is 0 Å². The number of halogens is 1. The number of aryl methyl sites for hydroxylation is 1. The monoisotopic (exact) mass is 367 g/mol. The van der Waals surface area contributed by atoms with E-state index in [1.807, 2.05) is 49.4 Å². The molecule has 2 aromatic carbocycles. The van der Waals surface area contributed by atoms with Gasteiger partial charge in [-0.25, -0.2) is 4.98 Å². The molecule has 132 valence electrons. The Morgan fingerprint density at radius 2 is 1.65 bits per heavy atom. The summed E-state index contributed by atoms with van der Waals surface area (Å²) < 4.78 is 0. The van der Waals surface area contributed by atoms with Gasteiger partial charge in [0.25, 0.3) is 0 Å². The average Bonchev–Trinajstić information content (AvgIpc) is 2.56. The van der Waals surface area contributed by atoms with Crippen LogP contribution in [0.25, 0.3) is 0 Å². The van der Waals surface area contributed by atoms with Gasteiger partial charge in [0.2, 0.25) is 11.9 Å². The fourth-order valence-electron chi connectivity index (χ4n) is 2.38. The molecule has 3 aromatic rings. The highest BCUT2D eigenvalue weighted by molar-refractivity contribution is 6.30. The molecule has 3 rings (SSSR count). The van der Waals surface area contributed by atoms with Crippen molar-refractivity contribution >= 4 is 46.3 Å². The number of hydrogen-bond donors (Lipinski definition) is 3. The van der Waals surface area contributed by atoms with Crippen LogP contribution in [0.1, 0.15) is 12.6 Å². The van der Waals surface area contributed by atoms with Crippen molar-refractivity contribution in [1.29, 1.82) is 0 Å². The lowest BCUT2D eigenvalue weighted by Gasteiger charge is -2.11. The third-order valence-electron chi connectivity index (χ3n) is 3.41. The minimum absolute atomic E-state index is 0.116. The molecule has 0 saturated heterocycles. The van der Waals surface area contributed by atoms with Crippen molar-refractivity contribution in [1.82, 2.24) is 9.97 Å². The first-order chi connectivity index (χ1) is 12.5. The van der Waals surface area contributed by atoms with Gasteiger partial charge in [0.1, 0.15) is 5.82 Å². The molecule has 0 aliphatic heterocycles. The number of nitrogens with one attached hydrogen (secondary N) is 3. The second-order valence-electron chi connectivity index (χ2n) is 5.74. The van der Waals surface area contributed by atoms with Crippen LogP contribution in [0, 0.1) is 6.92 Å². The molecule has 0 aliphatic rings. The van der Waals surface area contributed by atoms with E-state index in [1.54, 1.807) is 12.1 Å². The van der Waals surface area contributed by atoms with Crippen LogP contribution in [0.15, 0.2) is 54.6 Å². The molecule has 26 heavy (non-hydrogen) atoms. The fraction of sp³-hybridized carbons (Fsp3) is 0.105. The molecule has 0 unspecified atom stereocenters. The normalized spacial score (nSPS) is 10.3. The van der Waals surface area contributed by atoms with Gasteiger partial charge in [-0.1, -0.05) is 17.7 Å². The predicted octanol–water partition coefficient (Wildman–Crippen LogP) is 4.88. The maximum absolute atomic E-state index is 11.2. The van der Waals surface area contributed by atoms with E-state index in [9.17, 15) is 4.79 Å². The lowest BCUT2D eigenvalue weighted by molar-refractivity contribution is -0.114. The molecule has 0 saturated carbocycles. The van der Waals surface area contributed by atoms with Crippen LogP contribution < -0.4 is 16.0 Å². The zero-order valence-electron chi connectivity index (χ0n) is 14.4. The molecule has 1 amide bonds. The summed E-state index contributed by atoms with van der Waals surface area (Å²) in [5.74, 6) is 1.01. The van der Waals surface area contributed by atoms with Crippen molar-refractivity contribution in [3.05, 3.63) is 65.3 Å². The van der Waals surface area contributed by atoms with E-state index in [4.69, 9.17) is 11.6 Å². The quantitative estimate of drug-likeness (QED) is 0.598. The molecule has 0 spiro atoms. The molecule has 1 heterocycles. The van der Waals surface area contributed by atoms with Gasteiger partial charge < -0.3 is 16.0 Å². The first kappa shape index (κ1) is 17.7. The van der Waals surface area contributed by atoms with Crippen molar-refractivity contribution < 1.29 is 4.79 Å². The highest BCUT2D eigenvalue weighted by atomic mass is 35.5. The maximum atomic E-state index is 11.2. The summed E-state index contributed by atoms with van der Waals surface area (Å²) in [6.07, 6.45) is 0. The highest BCUT2D eigenvalue weighted by Crippen LogP contribution is 2.22. The third kappa shape index (κ3) is 4.94. The number of nitrogens with zero attached hydrogens (tertiary/aromatic N) is 2. The first-order valence-electron chi connectivity index (χ1n) is 8.01. The second kappa shape index (κ2) is 7.84. The summed E-state index contributed by atoms with van der Waals surface area (Å²) in [6.45, 7) is 3.37. The Bertz CT molecular complexity index is 927. The number of amides is 1. The van der Waals surface area contributed by atoms with Gasteiger partial charge in [0.05, 0.1) is 0 Å². The molecule has 3 N–H and O–H groups in total. The summed E-state index contributed by atoms with van der Waals surface area (Å²) in [5, 5.41) is 9.81. The molecule has 6 nitrogen and oxygen atoms in total. The van der Waals surface area contributed by atoms with Gasteiger partial charge in [0.15, 0.2) is 0 Å². The van der Waals surface area contributed by atoms with Crippen LogP contribution >= 0.6 is 11.6 Å². The molecular weight excluding hydrogens is 350 g/mol. The lowest BCUT2D eigenvalue weighted by atomic mass is 10.2. The van der Waals surface area contributed by atoms with Gasteiger partial charge in [-0.3, -0.25) is 4.79 Å². The summed E-state index contributed by atoms with van der Waals surface area (Å²) >= 11 is 5.90. The van der Waals surface area contributed by atoms with Crippen LogP contribution in [0.2, 0.25) is 5.02 Å². The molecule has 7 heteroatoms. The number of benzene rings is 2. The Labute approximate surface area is 156 Å². The van der Waals surface area contributed by atoms with Crippen molar-refractivity contribution in [3.63, 3.8) is 0 Å². The topological polar surface area (TPSA) is 78.9 Å². The van der Waals surface area contributed by atoms with E-state index in [-0.39, 0.29) is 5.91 Å². The summed E-state index contributed by atoms with van der Waals surface area (Å²) in [7, 11) is 0. The van der Waals surface area contributed by atoms with Crippen LogP contribution in [-0.2, 0) is 4.79 Å². The van der Waals surface area contributed by atoms with Crippen molar-refractivity contribution in [2.75, 3.05) is 16.0 Å². The minimum Gasteiger partial charge on any atom is -0.340 e. The van der Waals surface area contributed by atoms with Crippen molar-refractivity contribution in [2.45, 2.75) is 13.8 Å². The molecule has 0 atom stereocenters. The van der Waals surface area contributed by atoms with Crippen LogP contribution in [0.4, 0.5) is 28.8 Å². The number of carbonyl (C=O) groups excluding carboxylic acids is 1. The van der Waals surface area contributed by atoms with Crippen molar-refractivity contribution in [2.24, 2.45) is 0 Å². The Balaban J connectivity index is 1.79. The Morgan fingerprint density at radius 1 is 0.923 bits per heavy atom. The molecule has 0 bridgehead atoms. The lowest BCUT2D eigenvalue weighted by Crippen LogP contribution is -2.06. The van der Waals surface area contributed by atoms with Gasteiger partial charge >= 0.3 is 0 Å². The number of carbonyl (C=O) groups is 1. The number of anilines is 5. The van der Waals surface area contributed by atoms with Gasteiger partial charge in [-0.2, -0.15) is 4.98 Å². The fourth-order valence-corrected chi connectivity index (χ4v) is 2.50. The molecule has 0 radical (unpaired) electrons. The average molecular weight is 368 g/mol. The standard InChI is InChI=1S/C19H18ClN5O/c1-12-10-18(23-17-5-3-4-16(11-17)22-13(2)26)25-19(21-12)24-15-8-6-14(20)7-9-15/h3-11H,1-2H3,(H,22,26)(H2,21,23,24,25). The SMILES string of the molecule is CC(=O)Nc1cccc(Nc2cc(C)nc(Nc3ccc(Cl)cc3)n2)c1. The van der Waals surface area contributed by atoms with E-state index in [1.165, 1.54) is 6.92 Å². The van der Waals surface area contributed by atoms with E-state index in [2.05, 4.69) is 25.9 Å². The molecule has 0 fully saturated rings. The van der Waals surface area contributed by atoms with Crippen LogP contribution in [-0.4, -0.2) is 15.9 Å².